The molecule has 1 aromatic heterocycles. The first kappa shape index (κ1) is 22.1. The van der Waals surface area contributed by atoms with Gasteiger partial charge in [-0.1, -0.05) is 55.0 Å². The van der Waals surface area contributed by atoms with E-state index in [1.54, 1.807) is 11.8 Å². The smallest absolute Gasteiger partial charge is 0.172 e. The van der Waals surface area contributed by atoms with E-state index in [4.69, 9.17) is 13.9 Å². The highest BCUT2D eigenvalue weighted by molar-refractivity contribution is 5.62. The van der Waals surface area contributed by atoms with E-state index in [0.717, 1.165) is 50.9 Å². The lowest BCUT2D eigenvalue weighted by molar-refractivity contribution is -0.178. The molecule has 0 amide bonds. The molecule has 2 aromatic rings. The van der Waals surface area contributed by atoms with E-state index in [1.165, 1.54) is 11.1 Å². The van der Waals surface area contributed by atoms with Crippen LogP contribution in [0.4, 0.5) is 0 Å². The Kier molecular flexibility index (Phi) is 4.85. The molecular weight excluding hydrogens is 436 g/mol. The molecule has 4 heteroatoms. The molecule has 7 rings (SSSR count). The van der Waals surface area contributed by atoms with Crippen molar-refractivity contribution in [2.45, 2.75) is 63.3 Å². The SMILES string of the molecule is C[C@]1(O)C=C[C@H]2[C@@H]3CC=C4CC5(CC[C@@H]4[C@H]3[C@@H](c3ccc(-c4ccoc4)cc3)C[C@@]21C)OCCO5. The van der Waals surface area contributed by atoms with E-state index >= 15 is 0 Å². The summed E-state index contributed by atoms with van der Waals surface area (Å²) in [7, 11) is 0. The predicted octanol–water partition coefficient (Wildman–Crippen LogP) is 6.48. The van der Waals surface area contributed by atoms with Crippen molar-refractivity contribution in [1.82, 2.24) is 0 Å². The van der Waals surface area contributed by atoms with Crippen LogP contribution in [0, 0.1) is 29.1 Å². The molecule has 1 saturated heterocycles. The van der Waals surface area contributed by atoms with E-state index in [1.807, 2.05) is 19.3 Å². The average Bonchev–Trinajstić information content (AvgIpc) is 3.60. The van der Waals surface area contributed by atoms with Gasteiger partial charge in [0.2, 0.25) is 0 Å². The van der Waals surface area contributed by atoms with Crippen LogP contribution in [-0.2, 0) is 9.47 Å². The van der Waals surface area contributed by atoms with Crippen molar-refractivity contribution in [3.63, 3.8) is 0 Å². The van der Waals surface area contributed by atoms with Crippen LogP contribution in [-0.4, -0.2) is 29.7 Å². The molecule has 35 heavy (non-hydrogen) atoms. The van der Waals surface area contributed by atoms with Crippen molar-refractivity contribution in [2.75, 3.05) is 13.2 Å². The summed E-state index contributed by atoms with van der Waals surface area (Å²) in [5.41, 5.74) is 4.34. The van der Waals surface area contributed by atoms with Crippen LogP contribution in [0.2, 0.25) is 0 Å². The molecule has 2 saturated carbocycles. The zero-order valence-electron chi connectivity index (χ0n) is 20.8. The summed E-state index contributed by atoms with van der Waals surface area (Å²) in [6, 6.07) is 11.2. The Morgan fingerprint density at radius 3 is 2.51 bits per heavy atom. The molecule has 7 atom stereocenters. The molecule has 1 aliphatic heterocycles. The third-order valence-corrected chi connectivity index (χ3v) is 10.5. The molecule has 0 unspecified atom stereocenters. The van der Waals surface area contributed by atoms with Gasteiger partial charge in [-0.3, -0.25) is 0 Å². The molecule has 1 N–H and O–H groups in total. The summed E-state index contributed by atoms with van der Waals surface area (Å²) < 4.78 is 17.6. The third-order valence-electron chi connectivity index (χ3n) is 10.5. The van der Waals surface area contributed by atoms with Gasteiger partial charge in [-0.25, -0.2) is 0 Å². The van der Waals surface area contributed by atoms with Crippen molar-refractivity contribution >= 4 is 0 Å². The molecular formula is C31H36O4. The Morgan fingerprint density at radius 1 is 0.971 bits per heavy atom. The van der Waals surface area contributed by atoms with Crippen molar-refractivity contribution in [2.24, 2.45) is 29.1 Å². The Bertz CT molecular complexity index is 1150. The highest BCUT2D eigenvalue weighted by atomic mass is 16.7. The van der Waals surface area contributed by atoms with E-state index in [9.17, 15) is 5.11 Å². The van der Waals surface area contributed by atoms with Crippen molar-refractivity contribution in [1.29, 1.82) is 0 Å². The maximum Gasteiger partial charge on any atom is 0.172 e. The van der Waals surface area contributed by atoms with Gasteiger partial charge < -0.3 is 19.0 Å². The lowest BCUT2D eigenvalue weighted by Gasteiger charge is -2.58. The molecule has 4 nitrogen and oxygen atoms in total. The first-order valence-electron chi connectivity index (χ1n) is 13.4. The number of hydrogen-bond acceptors (Lipinski definition) is 4. The number of fused-ring (bicyclic) bond motifs is 5. The average molecular weight is 473 g/mol. The normalized spacial score (nSPS) is 41.3. The second-order valence-corrected chi connectivity index (χ2v) is 12.1. The molecule has 0 bridgehead atoms. The largest absolute Gasteiger partial charge is 0.472 e. The van der Waals surface area contributed by atoms with Crippen LogP contribution < -0.4 is 0 Å². The van der Waals surface area contributed by atoms with Gasteiger partial charge in [0, 0.05) is 23.8 Å². The maximum absolute atomic E-state index is 11.5. The highest BCUT2D eigenvalue weighted by Gasteiger charge is 2.61. The number of rotatable bonds is 2. The van der Waals surface area contributed by atoms with Crippen molar-refractivity contribution < 1.29 is 19.0 Å². The van der Waals surface area contributed by atoms with Crippen molar-refractivity contribution in [3.05, 3.63) is 72.2 Å². The molecule has 184 valence electrons. The molecule has 1 aromatic carbocycles. The second kappa shape index (κ2) is 7.68. The number of hydrogen-bond donors (Lipinski definition) is 1. The predicted molar refractivity (Wildman–Crippen MR) is 135 cm³/mol. The van der Waals surface area contributed by atoms with Gasteiger partial charge in [0.1, 0.15) is 0 Å². The van der Waals surface area contributed by atoms with E-state index in [2.05, 4.69) is 49.4 Å². The van der Waals surface area contributed by atoms with Gasteiger partial charge in [-0.2, -0.15) is 0 Å². The summed E-state index contributed by atoms with van der Waals surface area (Å²) in [6.07, 6.45) is 15.6. The van der Waals surface area contributed by atoms with Crippen LogP contribution in [0.5, 0.6) is 0 Å². The first-order chi connectivity index (χ1) is 16.9. The van der Waals surface area contributed by atoms with Crippen LogP contribution in [0.15, 0.2) is 71.1 Å². The standard InChI is InChI=1S/C31H36O4/c1-29-18-26(21-5-3-20(4-6-21)23-11-14-33-19-23)28-24-9-13-31(34-15-16-35-31)17-22(24)7-8-25(28)27(29)10-12-30(29,2)32/h3-7,10-12,14,19,24-28,32H,8-9,13,15-18H2,1-2H3/t24-,25-,26+,27-,28+,29-,30-/m0/s1. The molecule has 3 fully saturated rings. The van der Waals surface area contributed by atoms with Crippen LogP contribution in [0.25, 0.3) is 11.1 Å². The fourth-order valence-electron chi connectivity index (χ4n) is 8.48. The molecule has 5 aliphatic rings. The van der Waals surface area contributed by atoms with E-state index < -0.39 is 5.60 Å². The monoisotopic (exact) mass is 472 g/mol. The Labute approximate surface area is 208 Å². The topological polar surface area (TPSA) is 51.8 Å². The zero-order chi connectivity index (χ0) is 23.8. The van der Waals surface area contributed by atoms with Gasteiger partial charge >= 0.3 is 0 Å². The summed E-state index contributed by atoms with van der Waals surface area (Å²) in [4.78, 5) is 0. The van der Waals surface area contributed by atoms with Gasteiger partial charge in [0.05, 0.1) is 31.3 Å². The Hall–Kier alpha value is -2.14. The maximum atomic E-state index is 11.5. The fourth-order valence-corrected chi connectivity index (χ4v) is 8.48. The highest BCUT2D eigenvalue weighted by Crippen LogP contribution is 2.66. The van der Waals surface area contributed by atoms with Crippen LogP contribution >= 0.6 is 0 Å². The van der Waals surface area contributed by atoms with Gasteiger partial charge in [0.15, 0.2) is 5.79 Å². The molecule has 1 spiro atoms. The minimum atomic E-state index is -0.774. The number of furan rings is 1. The number of ether oxygens (including phenoxy) is 2. The van der Waals surface area contributed by atoms with E-state index in [0.29, 0.717) is 29.6 Å². The summed E-state index contributed by atoms with van der Waals surface area (Å²) in [5, 5.41) is 11.5. The molecule has 2 heterocycles. The molecule has 4 aliphatic carbocycles. The second-order valence-electron chi connectivity index (χ2n) is 12.1. The number of allylic oxidation sites excluding steroid dienone is 2. The number of benzene rings is 1. The number of aliphatic hydroxyl groups is 1. The van der Waals surface area contributed by atoms with Gasteiger partial charge in [-0.15, -0.1) is 0 Å². The molecule has 0 radical (unpaired) electrons. The van der Waals surface area contributed by atoms with E-state index in [-0.39, 0.29) is 11.2 Å². The Balaban J connectivity index is 1.28. The van der Waals surface area contributed by atoms with Crippen LogP contribution in [0.1, 0.15) is 57.4 Å². The van der Waals surface area contributed by atoms with Gasteiger partial charge in [-0.05, 0) is 73.0 Å². The summed E-state index contributed by atoms with van der Waals surface area (Å²) >= 11 is 0. The van der Waals surface area contributed by atoms with Crippen molar-refractivity contribution in [3.8, 4) is 11.1 Å². The summed E-state index contributed by atoms with van der Waals surface area (Å²) in [5.74, 6) is 2.14. The minimum absolute atomic E-state index is 0.152. The lowest BCUT2D eigenvalue weighted by atomic mass is 9.47. The lowest BCUT2D eigenvalue weighted by Crippen LogP contribution is -2.55. The minimum Gasteiger partial charge on any atom is -0.472 e. The third kappa shape index (κ3) is 3.22. The first-order valence-corrected chi connectivity index (χ1v) is 13.4. The fraction of sp³-hybridized carbons (Fsp3) is 0.548. The quantitative estimate of drug-likeness (QED) is 0.508. The zero-order valence-corrected chi connectivity index (χ0v) is 20.8. The van der Waals surface area contributed by atoms with Crippen LogP contribution in [0.3, 0.4) is 0 Å². The van der Waals surface area contributed by atoms with Gasteiger partial charge in [0.25, 0.3) is 0 Å². The Morgan fingerprint density at radius 2 is 1.77 bits per heavy atom. The summed E-state index contributed by atoms with van der Waals surface area (Å²) in [6.45, 7) is 5.79.